The van der Waals surface area contributed by atoms with Crippen LogP contribution in [0.15, 0.2) is 30.9 Å². The van der Waals surface area contributed by atoms with Crippen LogP contribution in [0.3, 0.4) is 0 Å². The first kappa shape index (κ1) is 16.9. The summed E-state index contributed by atoms with van der Waals surface area (Å²) in [6.45, 7) is 6.19. The van der Waals surface area contributed by atoms with Gasteiger partial charge in [0.05, 0.1) is 24.9 Å². The van der Waals surface area contributed by atoms with Gasteiger partial charge in [-0.2, -0.15) is 4.98 Å². The zero-order valence-electron chi connectivity index (χ0n) is 13.3. The van der Waals surface area contributed by atoms with Gasteiger partial charge in [-0.3, -0.25) is 0 Å². The van der Waals surface area contributed by atoms with Gasteiger partial charge in [-0.25, -0.2) is 4.98 Å². The number of hydrogen-bond acceptors (Lipinski definition) is 6. The van der Waals surface area contributed by atoms with Crippen molar-refractivity contribution in [3.8, 4) is 11.5 Å². The maximum absolute atomic E-state index is 6.11. The number of nitrogens with zero attached hydrogens (tertiary/aromatic N) is 2. The highest BCUT2D eigenvalue weighted by Crippen LogP contribution is 2.36. The predicted molar refractivity (Wildman–Crippen MR) is 93.3 cm³/mol. The third-order valence-electron chi connectivity index (χ3n) is 3.00. The highest BCUT2D eigenvalue weighted by molar-refractivity contribution is 6.32. The van der Waals surface area contributed by atoms with Crippen LogP contribution in [0.4, 0.5) is 17.5 Å². The summed E-state index contributed by atoms with van der Waals surface area (Å²) in [6, 6.07) is 5.27. The lowest BCUT2D eigenvalue weighted by Gasteiger charge is -2.14. The van der Waals surface area contributed by atoms with Crippen molar-refractivity contribution in [2.75, 3.05) is 31.4 Å². The molecule has 1 aromatic heterocycles. The number of halogens is 1. The molecule has 0 unspecified atom stereocenters. The maximum Gasteiger partial charge on any atom is 0.229 e. The molecule has 0 aliphatic heterocycles. The minimum absolute atomic E-state index is 0.444. The Morgan fingerprint density at radius 3 is 2.57 bits per heavy atom. The van der Waals surface area contributed by atoms with Crippen LogP contribution in [0.2, 0.25) is 5.02 Å². The first-order chi connectivity index (χ1) is 11.1. The van der Waals surface area contributed by atoms with Crippen LogP contribution in [0.5, 0.6) is 11.5 Å². The summed E-state index contributed by atoms with van der Waals surface area (Å²) in [5.74, 6) is 2.26. The van der Waals surface area contributed by atoms with Gasteiger partial charge in [0, 0.05) is 30.4 Å². The Balaban J connectivity index is 2.34. The zero-order valence-corrected chi connectivity index (χ0v) is 14.1. The maximum atomic E-state index is 6.11. The van der Waals surface area contributed by atoms with Gasteiger partial charge >= 0.3 is 0 Å². The van der Waals surface area contributed by atoms with E-state index in [0.717, 1.165) is 5.69 Å². The third kappa shape index (κ3) is 4.26. The number of methoxy groups -OCH3 is 2. The lowest BCUT2D eigenvalue weighted by Crippen LogP contribution is -2.06. The van der Waals surface area contributed by atoms with Crippen molar-refractivity contribution in [3.05, 3.63) is 41.6 Å². The number of rotatable bonds is 7. The van der Waals surface area contributed by atoms with E-state index in [4.69, 9.17) is 21.1 Å². The number of aromatic nitrogens is 2. The van der Waals surface area contributed by atoms with Crippen molar-refractivity contribution in [1.82, 2.24) is 9.97 Å². The highest BCUT2D eigenvalue weighted by atomic mass is 35.5. The summed E-state index contributed by atoms with van der Waals surface area (Å²) in [5, 5.41) is 6.73. The molecule has 0 amide bonds. The number of ether oxygens (including phenoxy) is 2. The summed E-state index contributed by atoms with van der Waals surface area (Å²) in [5.41, 5.74) is 1.49. The number of hydrogen-bond donors (Lipinski definition) is 2. The van der Waals surface area contributed by atoms with Crippen molar-refractivity contribution < 1.29 is 9.47 Å². The Kier molecular flexibility index (Phi) is 5.65. The molecule has 6 nitrogen and oxygen atoms in total. The van der Waals surface area contributed by atoms with E-state index in [9.17, 15) is 0 Å². The fraction of sp³-hybridized carbons (Fsp3) is 0.250. The smallest absolute Gasteiger partial charge is 0.229 e. The lowest BCUT2D eigenvalue weighted by molar-refractivity contribution is 0.405. The van der Waals surface area contributed by atoms with Crippen molar-refractivity contribution in [1.29, 1.82) is 0 Å². The van der Waals surface area contributed by atoms with Crippen LogP contribution in [-0.4, -0.2) is 30.7 Å². The normalized spacial score (nSPS) is 10.1. The van der Waals surface area contributed by atoms with E-state index in [2.05, 4.69) is 27.2 Å². The molecule has 0 saturated heterocycles. The average Bonchev–Trinajstić information content (AvgIpc) is 2.53. The van der Waals surface area contributed by atoms with Gasteiger partial charge in [-0.15, -0.1) is 6.58 Å². The molecule has 1 heterocycles. The van der Waals surface area contributed by atoms with E-state index in [1.807, 2.05) is 13.0 Å². The summed E-state index contributed by atoms with van der Waals surface area (Å²) < 4.78 is 10.6. The number of benzene rings is 1. The van der Waals surface area contributed by atoms with Crippen molar-refractivity contribution in [3.63, 3.8) is 0 Å². The second kappa shape index (κ2) is 7.69. The summed E-state index contributed by atoms with van der Waals surface area (Å²) in [6.07, 6.45) is 1.76. The topological polar surface area (TPSA) is 68.3 Å². The molecule has 0 aliphatic carbocycles. The molecule has 2 rings (SSSR count). The molecule has 0 saturated carbocycles. The third-order valence-corrected chi connectivity index (χ3v) is 3.30. The molecule has 7 heteroatoms. The molecule has 23 heavy (non-hydrogen) atoms. The first-order valence-electron chi connectivity index (χ1n) is 6.96. The summed E-state index contributed by atoms with van der Waals surface area (Å²) in [4.78, 5) is 8.78. The molecule has 0 aliphatic rings. The van der Waals surface area contributed by atoms with E-state index >= 15 is 0 Å². The van der Waals surface area contributed by atoms with E-state index in [0.29, 0.717) is 40.5 Å². The Labute approximate surface area is 140 Å². The van der Waals surface area contributed by atoms with Gasteiger partial charge in [0.15, 0.2) is 0 Å². The molecular formula is C16H19ClN4O2. The van der Waals surface area contributed by atoms with Crippen LogP contribution < -0.4 is 20.1 Å². The monoisotopic (exact) mass is 334 g/mol. The van der Waals surface area contributed by atoms with Crippen LogP contribution in [-0.2, 0) is 0 Å². The number of nitrogens with one attached hydrogen (secondary N) is 2. The Morgan fingerprint density at radius 1 is 1.17 bits per heavy atom. The van der Waals surface area contributed by atoms with Gasteiger partial charge in [0.1, 0.15) is 17.3 Å². The lowest BCUT2D eigenvalue weighted by atomic mass is 10.2. The second-order valence-corrected chi connectivity index (χ2v) is 5.11. The molecule has 1 aromatic carbocycles. The van der Waals surface area contributed by atoms with Gasteiger partial charge in [0.2, 0.25) is 5.95 Å². The fourth-order valence-electron chi connectivity index (χ4n) is 1.97. The van der Waals surface area contributed by atoms with Crippen molar-refractivity contribution in [2.45, 2.75) is 6.92 Å². The average molecular weight is 335 g/mol. The SMILES string of the molecule is C=CCNc1cc(C)nc(Nc2cc(OC)c(Cl)cc2OC)n1. The molecule has 122 valence electrons. The Morgan fingerprint density at radius 2 is 1.91 bits per heavy atom. The molecule has 2 aromatic rings. The molecule has 0 fully saturated rings. The molecule has 2 N–H and O–H groups in total. The Bertz CT molecular complexity index is 707. The van der Waals surface area contributed by atoms with Crippen LogP contribution in [0.1, 0.15) is 5.69 Å². The fourth-order valence-corrected chi connectivity index (χ4v) is 2.20. The summed E-state index contributed by atoms with van der Waals surface area (Å²) in [7, 11) is 3.12. The van der Waals surface area contributed by atoms with Crippen LogP contribution in [0.25, 0.3) is 0 Å². The highest BCUT2D eigenvalue weighted by Gasteiger charge is 2.12. The Hall–Kier alpha value is -2.47. The van der Waals surface area contributed by atoms with E-state index in [1.165, 1.54) is 0 Å². The molecule has 0 bridgehead atoms. The van der Waals surface area contributed by atoms with E-state index < -0.39 is 0 Å². The van der Waals surface area contributed by atoms with E-state index in [1.54, 1.807) is 32.4 Å². The van der Waals surface area contributed by atoms with Gasteiger partial charge < -0.3 is 20.1 Å². The van der Waals surface area contributed by atoms with Crippen molar-refractivity contribution in [2.24, 2.45) is 0 Å². The second-order valence-electron chi connectivity index (χ2n) is 4.70. The number of aryl methyl sites for hydroxylation is 1. The molecular weight excluding hydrogens is 316 g/mol. The number of anilines is 3. The molecule has 0 radical (unpaired) electrons. The molecule has 0 spiro atoms. The largest absolute Gasteiger partial charge is 0.495 e. The van der Waals surface area contributed by atoms with Gasteiger partial charge in [-0.1, -0.05) is 17.7 Å². The van der Waals surface area contributed by atoms with Gasteiger partial charge in [-0.05, 0) is 6.92 Å². The summed E-state index contributed by atoms with van der Waals surface area (Å²) >= 11 is 6.11. The van der Waals surface area contributed by atoms with Crippen LogP contribution in [0, 0.1) is 6.92 Å². The first-order valence-corrected chi connectivity index (χ1v) is 7.34. The minimum atomic E-state index is 0.444. The van der Waals surface area contributed by atoms with Crippen molar-refractivity contribution >= 4 is 29.1 Å². The van der Waals surface area contributed by atoms with Crippen LogP contribution >= 0.6 is 11.6 Å². The van der Waals surface area contributed by atoms with E-state index in [-0.39, 0.29) is 0 Å². The standard InChI is InChI=1S/C16H19ClN4O2/c1-5-6-18-15-7-10(2)19-16(21-15)20-12-9-13(22-3)11(17)8-14(12)23-4/h5,7-9H,1,6H2,2-4H3,(H2,18,19,20,21). The molecule has 0 atom stereocenters. The zero-order chi connectivity index (χ0) is 16.8. The quantitative estimate of drug-likeness (QED) is 0.751. The minimum Gasteiger partial charge on any atom is -0.495 e. The van der Waals surface area contributed by atoms with Gasteiger partial charge in [0.25, 0.3) is 0 Å². The predicted octanol–water partition coefficient (Wildman–Crippen LogP) is 3.80.